The fraction of sp³-hybridized carbons (Fsp3) is 0.417. The van der Waals surface area contributed by atoms with Gasteiger partial charge in [-0.15, -0.1) is 0 Å². The molecule has 1 saturated carbocycles. The van der Waals surface area contributed by atoms with Crippen molar-refractivity contribution in [1.82, 2.24) is 0 Å². The number of halogens is 1. The predicted molar refractivity (Wildman–Crippen MR) is 109 cm³/mol. The molecule has 1 aliphatic heterocycles. The lowest BCUT2D eigenvalue weighted by molar-refractivity contribution is -0.157. The Bertz CT molecular complexity index is 920. The minimum Gasteiger partial charge on any atom is -0.467 e. The van der Waals surface area contributed by atoms with Crippen LogP contribution in [-0.2, 0) is 28.5 Å². The van der Waals surface area contributed by atoms with Crippen LogP contribution in [0.1, 0.15) is 36.7 Å². The normalized spacial score (nSPS) is 32.5. The van der Waals surface area contributed by atoms with Gasteiger partial charge < -0.3 is 18.9 Å². The standard InChI is InChI=1S/C24H25FO6/c1-15(26)30-18-13-14-29-20(16-9-5-3-6-10-16)21(17-11-7-4-8-12-17)31-22-19(18)24(22,25)23(27)28-2/h3-12,18-22H,13-14H2,1-2H3/t18-,19?,20+,21+,22-,24+/m1/s1. The fourth-order valence-corrected chi connectivity index (χ4v) is 4.37. The number of carbonyl (C=O) groups is 2. The largest absolute Gasteiger partial charge is 0.467 e. The van der Waals surface area contributed by atoms with Crippen LogP contribution in [0, 0.1) is 5.92 Å². The number of rotatable bonds is 4. The Kier molecular flexibility index (Phi) is 6.07. The molecule has 2 aliphatic rings. The summed E-state index contributed by atoms with van der Waals surface area (Å²) in [4.78, 5) is 24.0. The Balaban J connectivity index is 1.75. The van der Waals surface area contributed by atoms with E-state index in [4.69, 9.17) is 18.9 Å². The molecule has 31 heavy (non-hydrogen) atoms. The number of esters is 2. The minimum atomic E-state index is -2.39. The number of methoxy groups -OCH3 is 1. The summed E-state index contributed by atoms with van der Waals surface area (Å²) in [5, 5.41) is 0. The van der Waals surface area contributed by atoms with Crippen molar-refractivity contribution >= 4 is 11.9 Å². The Hall–Kier alpha value is -2.77. The Labute approximate surface area is 180 Å². The molecule has 1 unspecified atom stereocenters. The number of benzene rings is 2. The molecule has 0 spiro atoms. The first-order chi connectivity index (χ1) is 15.0. The quantitative estimate of drug-likeness (QED) is 0.692. The van der Waals surface area contributed by atoms with E-state index in [2.05, 4.69) is 0 Å². The van der Waals surface area contributed by atoms with Gasteiger partial charge in [-0.1, -0.05) is 60.7 Å². The number of alkyl halides is 1. The topological polar surface area (TPSA) is 71.1 Å². The Morgan fingerprint density at radius 2 is 1.58 bits per heavy atom. The predicted octanol–water partition coefficient (Wildman–Crippen LogP) is 3.72. The third-order valence-corrected chi connectivity index (χ3v) is 5.86. The molecule has 0 amide bonds. The summed E-state index contributed by atoms with van der Waals surface area (Å²) in [6, 6.07) is 18.9. The highest BCUT2D eigenvalue weighted by Gasteiger charge is 2.77. The van der Waals surface area contributed by atoms with Crippen molar-refractivity contribution in [2.24, 2.45) is 5.92 Å². The highest BCUT2D eigenvalue weighted by atomic mass is 19.1. The molecule has 6 nitrogen and oxygen atoms in total. The molecule has 2 aromatic carbocycles. The molecule has 0 bridgehead atoms. The summed E-state index contributed by atoms with van der Waals surface area (Å²) in [5.74, 6) is -2.54. The van der Waals surface area contributed by atoms with Gasteiger partial charge in [0, 0.05) is 13.3 Å². The van der Waals surface area contributed by atoms with Crippen molar-refractivity contribution in [2.45, 2.75) is 43.4 Å². The van der Waals surface area contributed by atoms with Gasteiger partial charge in [-0.2, -0.15) is 0 Å². The summed E-state index contributed by atoms with van der Waals surface area (Å²) in [5.41, 5.74) is -0.734. The molecule has 6 atom stereocenters. The highest BCUT2D eigenvalue weighted by molar-refractivity contribution is 5.85. The number of carbonyl (C=O) groups excluding carboxylic acids is 2. The average Bonchev–Trinajstić information content (AvgIpc) is 3.36. The number of ether oxygens (including phenoxy) is 4. The van der Waals surface area contributed by atoms with Crippen molar-refractivity contribution in [3.05, 3.63) is 71.8 Å². The van der Waals surface area contributed by atoms with E-state index in [0.29, 0.717) is 0 Å². The van der Waals surface area contributed by atoms with Crippen LogP contribution in [0.3, 0.4) is 0 Å². The van der Waals surface area contributed by atoms with Crippen LogP contribution in [0.25, 0.3) is 0 Å². The van der Waals surface area contributed by atoms with Crippen molar-refractivity contribution in [2.75, 3.05) is 13.7 Å². The number of hydrogen-bond acceptors (Lipinski definition) is 6. The first kappa shape index (κ1) is 21.5. The van der Waals surface area contributed by atoms with Gasteiger partial charge in [0.1, 0.15) is 24.4 Å². The minimum absolute atomic E-state index is 0.199. The van der Waals surface area contributed by atoms with Gasteiger partial charge in [0.25, 0.3) is 0 Å². The number of fused-ring (bicyclic) bond motifs is 1. The van der Waals surface area contributed by atoms with Gasteiger partial charge >= 0.3 is 11.9 Å². The highest BCUT2D eigenvalue weighted by Crippen LogP contribution is 2.57. The van der Waals surface area contributed by atoms with Crippen LogP contribution in [0.4, 0.5) is 4.39 Å². The zero-order chi connectivity index (χ0) is 22.0. The molecule has 0 aromatic heterocycles. The second-order valence-corrected chi connectivity index (χ2v) is 7.81. The maximum atomic E-state index is 15.8. The van der Waals surface area contributed by atoms with Crippen molar-refractivity contribution in [3.63, 3.8) is 0 Å². The smallest absolute Gasteiger partial charge is 0.346 e. The summed E-state index contributed by atoms with van der Waals surface area (Å²) in [6.07, 6.45) is -2.96. The molecular weight excluding hydrogens is 403 g/mol. The average molecular weight is 428 g/mol. The third kappa shape index (κ3) is 4.07. The fourth-order valence-electron chi connectivity index (χ4n) is 4.37. The molecule has 2 aromatic rings. The molecule has 7 heteroatoms. The first-order valence-corrected chi connectivity index (χ1v) is 10.3. The summed E-state index contributed by atoms with van der Waals surface area (Å²) in [7, 11) is 1.13. The summed E-state index contributed by atoms with van der Waals surface area (Å²) < 4.78 is 38.4. The Morgan fingerprint density at radius 3 is 2.13 bits per heavy atom. The molecule has 2 fully saturated rings. The molecule has 0 N–H and O–H groups in total. The second-order valence-electron chi connectivity index (χ2n) is 7.81. The zero-order valence-electron chi connectivity index (χ0n) is 17.4. The molecule has 0 radical (unpaired) electrons. The summed E-state index contributed by atoms with van der Waals surface area (Å²) >= 11 is 0. The van der Waals surface area contributed by atoms with Gasteiger partial charge in [-0.25, -0.2) is 9.18 Å². The lowest BCUT2D eigenvalue weighted by Gasteiger charge is -2.28. The van der Waals surface area contributed by atoms with E-state index in [9.17, 15) is 9.59 Å². The van der Waals surface area contributed by atoms with Gasteiger partial charge in [0.15, 0.2) is 0 Å². The number of hydrogen-bond donors (Lipinski definition) is 0. The molecule has 164 valence electrons. The van der Waals surface area contributed by atoms with Crippen molar-refractivity contribution in [3.8, 4) is 0 Å². The zero-order valence-corrected chi connectivity index (χ0v) is 17.4. The molecular formula is C24H25FO6. The first-order valence-electron chi connectivity index (χ1n) is 10.3. The van der Waals surface area contributed by atoms with Gasteiger partial charge in [0.2, 0.25) is 5.67 Å². The van der Waals surface area contributed by atoms with Crippen LogP contribution < -0.4 is 0 Å². The maximum absolute atomic E-state index is 15.8. The third-order valence-electron chi connectivity index (χ3n) is 5.86. The van der Waals surface area contributed by atoms with E-state index in [1.807, 2.05) is 60.7 Å². The van der Waals surface area contributed by atoms with Gasteiger partial charge in [0.05, 0.1) is 19.6 Å². The van der Waals surface area contributed by atoms with Crippen LogP contribution in [0.2, 0.25) is 0 Å². The van der Waals surface area contributed by atoms with Crippen molar-refractivity contribution in [1.29, 1.82) is 0 Å². The Morgan fingerprint density at radius 1 is 1.00 bits per heavy atom. The van der Waals surface area contributed by atoms with Crippen LogP contribution in [0.5, 0.6) is 0 Å². The van der Waals surface area contributed by atoms with E-state index >= 15 is 4.39 Å². The van der Waals surface area contributed by atoms with Gasteiger partial charge in [-0.3, -0.25) is 4.79 Å². The van der Waals surface area contributed by atoms with Crippen molar-refractivity contribution < 1.29 is 32.9 Å². The van der Waals surface area contributed by atoms with Gasteiger partial charge in [-0.05, 0) is 11.1 Å². The van der Waals surface area contributed by atoms with Crippen LogP contribution in [-0.4, -0.2) is 43.5 Å². The molecule has 1 aliphatic carbocycles. The van der Waals surface area contributed by atoms with E-state index in [-0.39, 0.29) is 13.0 Å². The summed E-state index contributed by atoms with van der Waals surface area (Å²) in [6.45, 7) is 1.45. The molecule has 1 heterocycles. The van der Waals surface area contributed by atoms with E-state index < -0.39 is 47.9 Å². The van der Waals surface area contributed by atoms with Crippen LogP contribution >= 0.6 is 0 Å². The van der Waals surface area contributed by atoms with Crippen LogP contribution in [0.15, 0.2) is 60.7 Å². The van der Waals surface area contributed by atoms with E-state index in [1.54, 1.807) is 0 Å². The van der Waals surface area contributed by atoms with E-state index in [0.717, 1.165) is 18.2 Å². The lowest BCUT2D eigenvalue weighted by Crippen LogP contribution is -2.31. The maximum Gasteiger partial charge on any atom is 0.346 e. The van der Waals surface area contributed by atoms with E-state index in [1.165, 1.54) is 6.92 Å². The lowest BCUT2D eigenvalue weighted by atomic mass is 9.98. The SMILES string of the molecule is COC(=O)[C@]1(F)C2[C@H]1O[C@@H](c1ccccc1)[C@H](c1ccccc1)OCC[C@H]2OC(C)=O. The molecule has 1 saturated heterocycles. The monoisotopic (exact) mass is 428 g/mol. The molecule has 4 rings (SSSR count). The second kappa shape index (κ2) is 8.77.